The van der Waals surface area contributed by atoms with Gasteiger partial charge in [-0.25, -0.2) is 4.98 Å². The molecule has 1 aliphatic rings. The second-order valence-electron chi connectivity index (χ2n) is 5.74. The van der Waals surface area contributed by atoms with Gasteiger partial charge in [-0.15, -0.1) is 0 Å². The number of aromatic nitrogens is 2. The van der Waals surface area contributed by atoms with Crippen LogP contribution in [0.25, 0.3) is 0 Å². The summed E-state index contributed by atoms with van der Waals surface area (Å²) in [6, 6.07) is 1.59. The predicted octanol–water partition coefficient (Wildman–Crippen LogP) is 1.33. The number of hydrogen-bond acceptors (Lipinski definition) is 4. The lowest BCUT2D eigenvalue weighted by Gasteiger charge is -2.28. The molecule has 1 saturated heterocycles. The highest BCUT2D eigenvalue weighted by atomic mass is 16.1. The minimum atomic E-state index is -0.0673. The highest BCUT2D eigenvalue weighted by Crippen LogP contribution is 2.16. The molecule has 1 aromatic rings. The topological polar surface area (TPSA) is 61.0 Å². The van der Waals surface area contributed by atoms with Crippen LogP contribution in [0.15, 0.2) is 10.9 Å². The molecular formula is C14H24N4O. The Morgan fingerprint density at radius 2 is 2.32 bits per heavy atom. The molecule has 5 heteroatoms. The third kappa shape index (κ3) is 3.80. The van der Waals surface area contributed by atoms with Gasteiger partial charge in [0.1, 0.15) is 11.6 Å². The van der Waals surface area contributed by atoms with Gasteiger partial charge in [-0.05, 0) is 31.8 Å². The molecule has 0 aliphatic carbocycles. The minimum absolute atomic E-state index is 0.0673. The maximum atomic E-state index is 11.7. The van der Waals surface area contributed by atoms with Crippen LogP contribution in [0.2, 0.25) is 0 Å². The summed E-state index contributed by atoms with van der Waals surface area (Å²) in [5.41, 5.74) is -0.0673. The largest absolute Gasteiger partial charge is 0.359 e. The van der Waals surface area contributed by atoms with Crippen LogP contribution in [-0.2, 0) is 0 Å². The van der Waals surface area contributed by atoms with Crippen molar-refractivity contribution in [2.24, 2.45) is 5.92 Å². The molecule has 0 amide bonds. The van der Waals surface area contributed by atoms with E-state index >= 15 is 0 Å². The van der Waals surface area contributed by atoms with E-state index in [0.717, 1.165) is 31.3 Å². The van der Waals surface area contributed by atoms with E-state index in [2.05, 4.69) is 20.2 Å². The van der Waals surface area contributed by atoms with Crippen molar-refractivity contribution in [3.63, 3.8) is 0 Å². The standard InChI is InChI=1S/C14H24N4O/c1-10(2)14-16-12(7-13(19)17-14)18(3)9-11-5-4-6-15-8-11/h7,10-11,15H,4-6,8-9H2,1-3H3,(H,16,17,19). The fourth-order valence-corrected chi connectivity index (χ4v) is 2.49. The number of aromatic amines is 1. The minimum Gasteiger partial charge on any atom is -0.359 e. The van der Waals surface area contributed by atoms with E-state index in [0.29, 0.717) is 5.92 Å². The molecule has 0 saturated carbocycles. The maximum Gasteiger partial charge on any atom is 0.252 e. The first kappa shape index (κ1) is 14.1. The van der Waals surface area contributed by atoms with E-state index in [1.807, 2.05) is 20.9 Å². The van der Waals surface area contributed by atoms with E-state index in [4.69, 9.17) is 0 Å². The van der Waals surface area contributed by atoms with Crippen molar-refractivity contribution < 1.29 is 0 Å². The summed E-state index contributed by atoms with van der Waals surface area (Å²) in [6.07, 6.45) is 2.48. The van der Waals surface area contributed by atoms with Crippen molar-refractivity contribution in [3.8, 4) is 0 Å². The Morgan fingerprint density at radius 3 is 2.95 bits per heavy atom. The Kier molecular flexibility index (Phi) is 4.58. The van der Waals surface area contributed by atoms with Crippen molar-refractivity contribution in [1.29, 1.82) is 0 Å². The number of anilines is 1. The lowest BCUT2D eigenvalue weighted by molar-refractivity contribution is 0.380. The van der Waals surface area contributed by atoms with Gasteiger partial charge in [-0.1, -0.05) is 13.8 Å². The van der Waals surface area contributed by atoms with Gasteiger partial charge in [0, 0.05) is 25.6 Å². The molecule has 2 N–H and O–H groups in total. The fourth-order valence-electron chi connectivity index (χ4n) is 2.49. The molecule has 106 valence electrons. The quantitative estimate of drug-likeness (QED) is 0.861. The fraction of sp³-hybridized carbons (Fsp3) is 0.714. The SMILES string of the molecule is CC(C)c1nc(N(C)CC2CCCNC2)cc(=O)[nH]1. The van der Waals surface area contributed by atoms with Crippen LogP contribution in [0.3, 0.4) is 0 Å². The molecule has 1 unspecified atom stereocenters. The molecule has 1 atom stereocenters. The number of H-pyrrole nitrogens is 1. The van der Waals surface area contributed by atoms with Crippen molar-refractivity contribution in [2.45, 2.75) is 32.6 Å². The highest BCUT2D eigenvalue weighted by molar-refractivity contribution is 5.36. The Labute approximate surface area is 114 Å². The van der Waals surface area contributed by atoms with E-state index in [-0.39, 0.29) is 11.5 Å². The molecule has 1 aliphatic heterocycles. The Hall–Kier alpha value is -1.36. The van der Waals surface area contributed by atoms with Crippen LogP contribution < -0.4 is 15.8 Å². The summed E-state index contributed by atoms with van der Waals surface area (Å²) in [5.74, 6) is 2.41. The Balaban J connectivity index is 2.09. The van der Waals surface area contributed by atoms with Gasteiger partial charge in [0.25, 0.3) is 5.56 Å². The smallest absolute Gasteiger partial charge is 0.252 e. The Bertz CT molecular complexity index is 463. The zero-order chi connectivity index (χ0) is 13.8. The van der Waals surface area contributed by atoms with Crippen LogP contribution in [0.1, 0.15) is 38.4 Å². The molecule has 0 aromatic carbocycles. The first-order valence-electron chi connectivity index (χ1n) is 7.09. The molecule has 1 aromatic heterocycles. The monoisotopic (exact) mass is 264 g/mol. The molecule has 0 radical (unpaired) electrons. The first-order valence-corrected chi connectivity index (χ1v) is 7.09. The molecule has 0 spiro atoms. The molecular weight excluding hydrogens is 240 g/mol. The number of rotatable bonds is 4. The molecule has 2 heterocycles. The van der Waals surface area contributed by atoms with Crippen LogP contribution in [0.4, 0.5) is 5.82 Å². The zero-order valence-corrected chi connectivity index (χ0v) is 12.1. The summed E-state index contributed by atoms with van der Waals surface area (Å²) < 4.78 is 0. The average Bonchev–Trinajstić information content (AvgIpc) is 2.39. The molecule has 19 heavy (non-hydrogen) atoms. The van der Waals surface area contributed by atoms with Crippen molar-refractivity contribution in [3.05, 3.63) is 22.2 Å². The molecule has 1 fully saturated rings. The van der Waals surface area contributed by atoms with Crippen LogP contribution in [0.5, 0.6) is 0 Å². The van der Waals surface area contributed by atoms with Crippen LogP contribution in [-0.4, -0.2) is 36.6 Å². The molecule has 0 bridgehead atoms. The number of nitrogens with zero attached hydrogens (tertiary/aromatic N) is 2. The van der Waals surface area contributed by atoms with Gasteiger partial charge in [0.05, 0.1) is 0 Å². The van der Waals surface area contributed by atoms with Gasteiger partial charge in [0.15, 0.2) is 0 Å². The maximum absolute atomic E-state index is 11.7. The highest BCUT2D eigenvalue weighted by Gasteiger charge is 2.16. The van der Waals surface area contributed by atoms with E-state index in [1.165, 1.54) is 12.8 Å². The summed E-state index contributed by atoms with van der Waals surface area (Å²) in [6.45, 7) is 7.20. The summed E-state index contributed by atoms with van der Waals surface area (Å²) >= 11 is 0. The van der Waals surface area contributed by atoms with Crippen molar-refractivity contribution in [2.75, 3.05) is 31.6 Å². The van der Waals surface area contributed by atoms with Gasteiger partial charge < -0.3 is 15.2 Å². The molecule has 2 rings (SSSR count). The van der Waals surface area contributed by atoms with Crippen molar-refractivity contribution >= 4 is 5.82 Å². The molecule has 5 nitrogen and oxygen atoms in total. The summed E-state index contributed by atoms with van der Waals surface area (Å²) in [7, 11) is 2.01. The van der Waals surface area contributed by atoms with Gasteiger partial charge in [0.2, 0.25) is 0 Å². The third-order valence-corrected chi connectivity index (χ3v) is 3.62. The average molecular weight is 264 g/mol. The predicted molar refractivity (Wildman–Crippen MR) is 77.8 cm³/mol. The zero-order valence-electron chi connectivity index (χ0n) is 12.1. The lowest BCUT2D eigenvalue weighted by Crippen LogP contribution is -2.37. The summed E-state index contributed by atoms with van der Waals surface area (Å²) in [5, 5.41) is 3.42. The van der Waals surface area contributed by atoms with Crippen LogP contribution in [0, 0.1) is 5.92 Å². The third-order valence-electron chi connectivity index (χ3n) is 3.62. The lowest BCUT2D eigenvalue weighted by atomic mass is 9.99. The number of nitrogens with one attached hydrogen (secondary N) is 2. The van der Waals surface area contributed by atoms with Gasteiger partial charge in [-0.2, -0.15) is 0 Å². The second-order valence-corrected chi connectivity index (χ2v) is 5.74. The van der Waals surface area contributed by atoms with E-state index < -0.39 is 0 Å². The van der Waals surface area contributed by atoms with E-state index in [1.54, 1.807) is 6.07 Å². The Morgan fingerprint density at radius 1 is 1.53 bits per heavy atom. The van der Waals surface area contributed by atoms with Gasteiger partial charge in [-0.3, -0.25) is 4.79 Å². The number of hydrogen-bond donors (Lipinski definition) is 2. The van der Waals surface area contributed by atoms with Gasteiger partial charge >= 0.3 is 0 Å². The number of piperidine rings is 1. The normalized spacial score (nSPS) is 19.7. The summed E-state index contributed by atoms with van der Waals surface area (Å²) in [4.78, 5) is 21.1. The second kappa shape index (κ2) is 6.19. The van der Waals surface area contributed by atoms with Crippen molar-refractivity contribution in [1.82, 2.24) is 15.3 Å². The van der Waals surface area contributed by atoms with E-state index in [9.17, 15) is 4.79 Å². The van der Waals surface area contributed by atoms with Crippen LogP contribution >= 0.6 is 0 Å². The first-order chi connectivity index (χ1) is 9.06.